The predicted octanol–water partition coefficient (Wildman–Crippen LogP) is 5.83. The van der Waals surface area contributed by atoms with Gasteiger partial charge in [0, 0.05) is 30.5 Å². The average Bonchev–Trinajstić information content (AvgIpc) is 3.36. The smallest absolute Gasteiger partial charge is 0.407 e. The highest BCUT2D eigenvalue weighted by Crippen LogP contribution is 2.40. The summed E-state index contributed by atoms with van der Waals surface area (Å²) in [7, 11) is 0. The number of amides is 1. The molecule has 2 atom stereocenters. The third-order valence-corrected chi connectivity index (χ3v) is 6.48. The molecule has 3 heterocycles. The molecular weight excluding hydrogens is 495 g/mol. The summed E-state index contributed by atoms with van der Waals surface area (Å²) in [6.45, 7) is 6.68. The number of aromatic nitrogens is 3. The van der Waals surface area contributed by atoms with E-state index in [2.05, 4.69) is 20.5 Å². The number of nitrogens with one attached hydrogen (secondary N) is 2. The van der Waals surface area contributed by atoms with E-state index < -0.39 is 30.5 Å². The van der Waals surface area contributed by atoms with Crippen LogP contribution in [0.4, 0.5) is 18.0 Å². The highest BCUT2D eigenvalue weighted by atomic mass is 19.4. The number of alkyl halides is 3. The summed E-state index contributed by atoms with van der Waals surface area (Å²) >= 11 is 0. The minimum atomic E-state index is -4.33. The molecule has 2 aromatic heterocycles. The number of rotatable bonds is 7. The maximum Gasteiger partial charge on any atom is 0.407 e. The van der Waals surface area contributed by atoms with Gasteiger partial charge in [0.25, 0.3) is 0 Å². The van der Waals surface area contributed by atoms with Crippen LogP contribution in [0.1, 0.15) is 62.5 Å². The van der Waals surface area contributed by atoms with Crippen LogP contribution in [-0.2, 0) is 17.6 Å². The fourth-order valence-electron chi connectivity index (χ4n) is 4.83. The van der Waals surface area contributed by atoms with Crippen LogP contribution >= 0.6 is 0 Å². The summed E-state index contributed by atoms with van der Waals surface area (Å²) in [5, 5.41) is 9.53. The Kier molecular flexibility index (Phi) is 8.10. The van der Waals surface area contributed by atoms with Crippen LogP contribution in [0.25, 0.3) is 11.1 Å². The molecule has 0 saturated heterocycles. The first-order chi connectivity index (χ1) is 17.9. The molecule has 1 aromatic carbocycles. The number of pyridine rings is 1. The maximum atomic E-state index is 13.6. The van der Waals surface area contributed by atoms with E-state index in [-0.39, 0.29) is 6.04 Å². The van der Waals surface area contributed by atoms with Crippen LogP contribution in [-0.4, -0.2) is 57.1 Å². The van der Waals surface area contributed by atoms with Gasteiger partial charge in [-0.05, 0) is 75.3 Å². The van der Waals surface area contributed by atoms with Gasteiger partial charge in [0.1, 0.15) is 5.60 Å². The number of alkyl carbamates (subject to hydrolysis) is 1. The molecule has 1 aliphatic heterocycles. The molecule has 1 aliphatic rings. The minimum Gasteiger partial charge on any atom is -0.444 e. The number of aromatic amines is 1. The molecule has 204 valence electrons. The number of nitrogens with zero attached hydrogens (tertiary/aromatic N) is 3. The molecule has 0 unspecified atom stereocenters. The lowest BCUT2D eigenvalue weighted by atomic mass is 9.85. The quantitative estimate of drug-likeness (QED) is 0.377. The van der Waals surface area contributed by atoms with E-state index in [0.717, 1.165) is 27.8 Å². The molecule has 10 heteroatoms. The van der Waals surface area contributed by atoms with Gasteiger partial charge in [-0.25, -0.2) is 4.79 Å². The summed E-state index contributed by atoms with van der Waals surface area (Å²) in [5.41, 5.74) is 4.71. The molecule has 4 rings (SSSR count). The first-order valence-electron chi connectivity index (χ1n) is 12.8. The molecule has 0 radical (unpaired) electrons. The number of carbonyl (C=O) groups is 1. The van der Waals surface area contributed by atoms with Crippen molar-refractivity contribution < 1.29 is 22.7 Å². The Morgan fingerprint density at radius 3 is 2.58 bits per heavy atom. The van der Waals surface area contributed by atoms with Crippen molar-refractivity contribution in [3.8, 4) is 11.1 Å². The molecular formula is C28H34F3N5O2. The monoisotopic (exact) mass is 529 g/mol. The van der Waals surface area contributed by atoms with Crippen molar-refractivity contribution in [2.24, 2.45) is 0 Å². The van der Waals surface area contributed by atoms with Crippen LogP contribution in [0, 0.1) is 0 Å². The molecule has 0 saturated carbocycles. The Bertz CT molecular complexity index is 1220. The van der Waals surface area contributed by atoms with E-state index in [0.29, 0.717) is 31.5 Å². The van der Waals surface area contributed by atoms with E-state index in [1.807, 2.05) is 37.3 Å². The zero-order valence-corrected chi connectivity index (χ0v) is 22.1. The Labute approximate surface area is 220 Å². The number of H-pyrrole nitrogens is 1. The van der Waals surface area contributed by atoms with Gasteiger partial charge in [-0.2, -0.15) is 18.3 Å². The summed E-state index contributed by atoms with van der Waals surface area (Å²) in [6.07, 6.45) is 2.31. The van der Waals surface area contributed by atoms with E-state index in [1.165, 1.54) is 4.90 Å². The fourth-order valence-corrected chi connectivity index (χ4v) is 4.83. The summed E-state index contributed by atoms with van der Waals surface area (Å²) in [4.78, 5) is 17.9. The molecule has 0 bridgehead atoms. The van der Waals surface area contributed by atoms with Crippen molar-refractivity contribution in [1.82, 2.24) is 25.4 Å². The standard InChI is InChI=1S/C28H34F3N5O2/c1-18-12-21-13-20(22-15-34-35-16-22)8-9-23(21)25(36(18)17-28(29,30)31)24-10-7-19(14-33-24)6-5-11-32-26(37)38-27(2,3)4/h7-10,13-16,18,25H,5-6,11-12,17H2,1-4H3,(H,32,37)(H,34,35)/t18-,25+/m1/s1. The molecule has 0 aliphatic carbocycles. The number of ether oxygens (including phenoxy) is 1. The van der Waals surface area contributed by atoms with Crippen LogP contribution < -0.4 is 5.32 Å². The van der Waals surface area contributed by atoms with Gasteiger partial charge in [-0.1, -0.05) is 24.3 Å². The topological polar surface area (TPSA) is 83.1 Å². The summed E-state index contributed by atoms with van der Waals surface area (Å²) in [6, 6.07) is 8.66. The summed E-state index contributed by atoms with van der Waals surface area (Å²) in [5.74, 6) is 0. The largest absolute Gasteiger partial charge is 0.444 e. The van der Waals surface area contributed by atoms with Crippen molar-refractivity contribution in [3.63, 3.8) is 0 Å². The lowest BCUT2D eigenvalue weighted by Crippen LogP contribution is -2.47. The third-order valence-electron chi connectivity index (χ3n) is 6.48. The summed E-state index contributed by atoms with van der Waals surface area (Å²) < 4.78 is 46.0. The van der Waals surface area contributed by atoms with Crippen molar-refractivity contribution in [3.05, 3.63) is 71.3 Å². The van der Waals surface area contributed by atoms with E-state index in [1.54, 1.807) is 39.4 Å². The lowest BCUT2D eigenvalue weighted by Gasteiger charge is -2.42. The number of carbonyl (C=O) groups excluding carboxylic acids is 1. The number of halogens is 3. The van der Waals surface area contributed by atoms with E-state index >= 15 is 0 Å². The maximum absolute atomic E-state index is 13.6. The van der Waals surface area contributed by atoms with Gasteiger partial charge in [0.15, 0.2) is 0 Å². The van der Waals surface area contributed by atoms with Gasteiger partial charge in [0.05, 0.1) is 24.5 Å². The number of benzene rings is 1. The predicted molar refractivity (Wildman–Crippen MR) is 139 cm³/mol. The average molecular weight is 530 g/mol. The number of fused-ring (bicyclic) bond motifs is 1. The molecule has 7 nitrogen and oxygen atoms in total. The Balaban J connectivity index is 1.52. The number of hydrogen-bond acceptors (Lipinski definition) is 5. The van der Waals surface area contributed by atoms with Gasteiger partial charge in [0.2, 0.25) is 0 Å². The van der Waals surface area contributed by atoms with Crippen LogP contribution in [0.3, 0.4) is 0 Å². The Morgan fingerprint density at radius 2 is 1.95 bits per heavy atom. The zero-order chi connectivity index (χ0) is 27.5. The molecule has 1 amide bonds. The van der Waals surface area contributed by atoms with Gasteiger partial charge < -0.3 is 10.1 Å². The van der Waals surface area contributed by atoms with E-state index in [4.69, 9.17) is 4.74 Å². The van der Waals surface area contributed by atoms with Crippen LogP contribution in [0.5, 0.6) is 0 Å². The second-order valence-corrected chi connectivity index (χ2v) is 10.8. The molecule has 0 spiro atoms. The SMILES string of the molecule is C[C@@H]1Cc2cc(-c3cn[nH]c3)ccc2[C@@H](c2ccc(CCCNC(=O)OC(C)(C)C)cn2)N1CC(F)(F)F. The van der Waals surface area contributed by atoms with Gasteiger partial charge in [-0.15, -0.1) is 0 Å². The van der Waals surface area contributed by atoms with Gasteiger partial charge in [-0.3, -0.25) is 15.0 Å². The number of aryl methyl sites for hydroxylation is 1. The minimum absolute atomic E-state index is 0.325. The van der Waals surface area contributed by atoms with Crippen LogP contribution in [0.2, 0.25) is 0 Å². The zero-order valence-electron chi connectivity index (χ0n) is 22.1. The molecule has 38 heavy (non-hydrogen) atoms. The van der Waals surface area contributed by atoms with Crippen molar-refractivity contribution in [1.29, 1.82) is 0 Å². The second-order valence-electron chi connectivity index (χ2n) is 10.8. The fraction of sp³-hybridized carbons (Fsp3) is 0.464. The molecule has 0 fully saturated rings. The van der Waals surface area contributed by atoms with Crippen molar-refractivity contribution in [2.45, 2.75) is 70.8 Å². The molecule has 3 aromatic rings. The molecule has 2 N–H and O–H groups in total. The van der Waals surface area contributed by atoms with E-state index in [9.17, 15) is 18.0 Å². The van der Waals surface area contributed by atoms with Crippen molar-refractivity contribution >= 4 is 6.09 Å². The highest BCUT2D eigenvalue weighted by molar-refractivity contribution is 5.67. The Morgan fingerprint density at radius 1 is 1.16 bits per heavy atom. The second kappa shape index (κ2) is 11.1. The van der Waals surface area contributed by atoms with Crippen molar-refractivity contribution in [2.75, 3.05) is 13.1 Å². The highest BCUT2D eigenvalue weighted by Gasteiger charge is 2.41. The lowest BCUT2D eigenvalue weighted by molar-refractivity contribution is -0.155. The van der Waals surface area contributed by atoms with Crippen LogP contribution in [0.15, 0.2) is 48.9 Å². The first kappa shape index (κ1) is 27.6. The Hall–Kier alpha value is -3.40. The normalized spacial score (nSPS) is 18.2. The third kappa shape index (κ3) is 7.12. The van der Waals surface area contributed by atoms with Gasteiger partial charge >= 0.3 is 12.3 Å². The first-order valence-corrected chi connectivity index (χ1v) is 12.8. The number of hydrogen-bond donors (Lipinski definition) is 2.